The first-order valence-corrected chi connectivity index (χ1v) is 8.30. The van der Waals surface area contributed by atoms with Crippen LogP contribution in [-0.4, -0.2) is 43.5 Å². The van der Waals surface area contributed by atoms with Crippen LogP contribution in [-0.2, 0) is 14.8 Å². The number of nitrogens with zero attached hydrogens (tertiary/aromatic N) is 1. The van der Waals surface area contributed by atoms with Gasteiger partial charge in [0.15, 0.2) is 0 Å². The van der Waals surface area contributed by atoms with Crippen molar-refractivity contribution in [2.24, 2.45) is 0 Å². The molecule has 1 heterocycles. The lowest BCUT2D eigenvalue weighted by atomic mass is 10.2. The Balaban J connectivity index is 2.54. The highest BCUT2D eigenvalue weighted by Gasteiger charge is 2.41. The summed E-state index contributed by atoms with van der Waals surface area (Å²) >= 11 is 2.95. The second kappa shape index (κ2) is 5.90. The number of rotatable bonds is 4. The minimum Gasteiger partial charge on any atom is -0.495 e. The van der Waals surface area contributed by atoms with Crippen molar-refractivity contribution in [1.29, 1.82) is 0 Å². The number of methoxy groups -OCH3 is 1. The van der Waals surface area contributed by atoms with Crippen LogP contribution in [0.3, 0.4) is 0 Å². The van der Waals surface area contributed by atoms with E-state index in [4.69, 9.17) is 9.84 Å². The van der Waals surface area contributed by atoms with Gasteiger partial charge >= 0.3 is 5.97 Å². The molecule has 0 aliphatic carbocycles. The standard InChI is InChI=1S/C12H13BrFNO5S/c1-20-10-5-7(13)8(14)6-11(10)21(18,19)15-4-2-3-9(15)12(16)17/h5-6,9H,2-4H2,1H3,(H,16,17)/t9-/m1/s1. The van der Waals surface area contributed by atoms with Gasteiger partial charge in [0.05, 0.1) is 11.6 Å². The van der Waals surface area contributed by atoms with Gasteiger partial charge in [0, 0.05) is 6.54 Å². The first-order chi connectivity index (χ1) is 9.78. The number of carboxylic acids is 1. The van der Waals surface area contributed by atoms with Crippen LogP contribution in [0.4, 0.5) is 4.39 Å². The fraction of sp³-hybridized carbons (Fsp3) is 0.417. The van der Waals surface area contributed by atoms with E-state index >= 15 is 0 Å². The van der Waals surface area contributed by atoms with E-state index in [0.29, 0.717) is 6.42 Å². The number of hydrogen-bond donors (Lipinski definition) is 1. The lowest BCUT2D eigenvalue weighted by Gasteiger charge is -2.22. The maximum atomic E-state index is 13.7. The summed E-state index contributed by atoms with van der Waals surface area (Å²) in [7, 11) is -2.89. The highest BCUT2D eigenvalue weighted by atomic mass is 79.9. The van der Waals surface area contributed by atoms with Gasteiger partial charge in [-0.3, -0.25) is 4.79 Å². The van der Waals surface area contributed by atoms with Crippen LogP contribution in [0.5, 0.6) is 5.75 Å². The average molecular weight is 382 g/mol. The second-order valence-corrected chi connectivity index (χ2v) is 7.24. The molecule has 1 fully saturated rings. The van der Waals surface area contributed by atoms with Gasteiger partial charge in [-0.05, 0) is 40.9 Å². The smallest absolute Gasteiger partial charge is 0.322 e. The van der Waals surface area contributed by atoms with Gasteiger partial charge in [-0.15, -0.1) is 0 Å². The SMILES string of the molecule is COc1cc(Br)c(F)cc1S(=O)(=O)N1CCC[C@@H]1C(=O)O. The number of halogens is 2. The van der Waals surface area contributed by atoms with Crippen LogP contribution in [0, 0.1) is 5.82 Å². The quantitative estimate of drug-likeness (QED) is 0.859. The van der Waals surface area contributed by atoms with Crippen LogP contribution in [0.2, 0.25) is 0 Å². The number of benzene rings is 1. The number of ether oxygens (including phenoxy) is 1. The Morgan fingerprint density at radius 1 is 1.52 bits per heavy atom. The van der Waals surface area contributed by atoms with E-state index < -0.39 is 27.9 Å². The molecule has 2 rings (SSSR count). The van der Waals surface area contributed by atoms with Gasteiger partial charge in [0.25, 0.3) is 0 Å². The maximum Gasteiger partial charge on any atom is 0.322 e. The summed E-state index contributed by atoms with van der Waals surface area (Å²) in [4.78, 5) is 10.8. The molecule has 0 unspecified atom stereocenters. The molecule has 1 saturated heterocycles. The highest BCUT2D eigenvalue weighted by Crippen LogP contribution is 2.34. The molecule has 6 nitrogen and oxygen atoms in total. The van der Waals surface area contributed by atoms with Gasteiger partial charge in [0.2, 0.25) is 10.0 Å². The number of sulfonamides is 1. The zero-order chi connectivity index (χ0) is 15.8. The Hall–Kier alpha value is -1.19. The summed E-state index contributed by atoms with van der Waals surface area (Å²) in [6.45, 7) is 0.0835. The van der Waals surface area contributed by atoms with Crippen molar-refractivity contribution >= 4 is 31.9 Å². The molecule has 0 saturated carbocycles. The van der Waals surface area contributed by atoms with E-state index in [9.17, 15) is 17.6 Å². The van der Waals surface area contributed by atoms with Crippen LogP contribution < -0.4 is 4.74 Å². The monoisotopic (exact) mass is 381 g/mol. The molecule has 1 aliphatic heterocycles. The van der Waals surface area contributed by atoms with Crippen molar-refractivity contribution in [1.82, 2.24) is 4.31 Å². The third kappa shape index (κ3) is 2.90. The molecule has 1 aromatic rings. The first kappa shape index (κ1) is 16.2. The topological polar surface area (TPSA) is 83.9 Å². The molecule has 1 aromatic carbocycles. The number of carbonyl (C=O) groups is 1. The van der Waals surface area contributed by atoms with Crippen LogP contribution >= 0.6 is 15.9 Å². The minimum absolute atomic E-state index is 0.0423. The molecule has 0 spiro atoms. The second-order valence-electron chi connectivity index (χ2n) is 4.53. The van der Waals surface area contributed by atoms with Crippen LogP contribution in [0.1, 0.15) is 12.8 Å². The molecule has 0 amide bonds. The minimum atomic E-state index is -4.15. The van der Waals surface area contributed by atoms with E-state index in [-0.39, 0.29) is 28.1 Å². The molecule has 21 heavy (non-hydrogen) atoms. The largest absolute Gasteiger partial charge is 0.495 e. The summed E-state index contributed by atoms with van der Waals surface area (Å²) in [5, 5.41) is 9.10. The molecule has 1 atom stereocenters. The fourth-order valence-corrected chi connectivity index (χ4v) is 4.40. The molecule has 0 bridgehead atoms. The highest BCUT2D eigenvalue weighted by molar-refractivity contribution is 9.10. The van der Waals surface area contributed by atoms with Gasteiger partial charge < -0.3 is 9.84 Å². The van der Waals surface area contributed by atoms with Crippen molar-refractivity contribution in [3.8, 4) is 5.75 Å². The fourth-order valence-electron chi connectivity index (χ4n) is 2.27. The Labute approximate surface area is 129 Å². The molecule has 0 aromatic heterocycles. The average Bonchev–Trinajstić information content (AvgIpc) is 2.91. The third-order valence-electron chi connectivity index (χ3n) is 3.28. The van der Waals surface area contributed by atoms with Crippen molar-refractivity contribution in [3.63, 3.8) is 0 Å². The van der Waals surface area contributed by atoms with E-state index in [1.165, 1.54) is 13.2 Å². The Morgan fingerprint density at radius 3 is 2.76 bits per heavy atom. The zero-order valence-corrected chi connectivity index (χ0v) is 13.4. The van der Waals surface area contributed by atoms with Crippen molar-refractivity contribution in [2.45, 2.75) is 23.8 Å². The summed E-state index contributed by atoms with van der Waals surface area (Å²) in [5.74, 6) is -2.02. The van der Waals surface area contributed by atoms with E-state index in [1.54, 1.807) is 0 Å². The normalized spacial score (nSPS) is 19.7. The summed E-state index contributed by atoms with van der Waals surface area (Å²) in [6.07, 6.45) is 0.674. The molecule has 9 heteroatoms. The molecular formula is C12H13BrFNO5S. The van der Waals surface area contributed by atoms with Gasteiger partial charge in [0.1, 0.15) is 22.5 Å². The van der Waals surface area contributed by atoms with Gasteiger partial charge in [-0.2, -0.15) is 4.31 Å². The van der Waals surface area contributed by atoms with Crippen molar-refractivity contribution in [2.75, 3.05) is 13.7 Å². The summed E-state index contributed by atoms with van der Waals surface area (Å²) in [5.41, 5.74) is 0. The van der Waals surface area contributed by atoms with Crippen LogP contribution in [0.15, 0.2) is 21.5 Å². The maximum absolute atomic E-state index is 13.7. The molecule has 1 N–H and O–H groups in total. The zero-order valence-electron chi connectivity index (χ0n) is 11.0. The van der Waals surface area contributed by atoms with Crippen LogP contribution in [0.25, 0.3) is 0 Å². The Kier molecular flexibility index (Phi) is 4.54. The lowest BCUT2D eigenvalue weighted by molar-refractivity contribution is -0.140. The Bertz CT molecular complexity index is 678. The predicted octanol–water partition coefficient (Wildman–Crippen LogP) is 1.83. The van der Waals surface area contributed by atoms with E-state index in [2.05, 4.69) is 15.9 Å². The van der Waals surface area contributed by atoms with Gasteiger partial charge in [-0.25, -0.2) is 12.8 Å². The molecule has 116 valence electrons. The molecule has 1 aliphatic rings. The number of hydrogen-bond acceptors (Lipinski definition) is 4. The van der Waals surface area contributed by atoms with Crippen molar-refractivity contribution < 1.29 is 27.4 Å². The van der Waals surface area contributed by atoms with E-state index in [1.807, 2.05) is 0 Å². The summed E-state index contributed by atoms with van der Waals surface area (Å²) in [6, 6.07) is 0.898. The summed E-state index contributed by atoms with van der Waals surface area (Å²) < 4.78 is 44.8. The predicted molar refractivity (Wildman–Crippen MR) is 75.2 cm³/mol. The number of aliphatic carboxylic acids is 1. The lowest BCUT2D eigenvalue weighted by Crippen LogP contribution is -2.40. The van der Waals surface area contributed by atoms with E-state index in [0.717, 1.165) is 10.4 Å². The van der Waals surface area contributed by atoms with Crippen molar-refractivity contribution in [3.05, 3.63) is 22.4 Å². The number of carboxylic acid groups (broad SMARTS) is 1. The van der Waals surface area contributed by atoms with Gasteiger partial charge in [-0.1, -0.05) is 0 Å². The molecular weight excluding hydrogens is 369 g/mol. The molecule has 0 radical (unpaired) electrons. The third-order valence-corrected chi connectivity index (χ3v) is 5.82. The Morgan fingerprint density at radius 2 is 2.19 bits per heavy atom. The first-order valence-electron chi connectivity index (χ1n) is 6.06.